The van der Waals surface area contributed by atoms with Gasteiger partial charge in [0.1, 0.15) is 11.5 Å². The van der Waals surface area contributed by atoms with Crippen molar-refractivity contribution < 1.29 is 9.59 Å². The fourth-order valence-corrected chi connectivity index (χ4v) is 3.92. The summed E-state index contributed by atoms with van der Waals surface area (Å²) in [6.07, 6.45) is 1.06. The van der Waals surface area contributed by atoms with Crippen molar-refractivity contribution in [1.82, 2.24) is 25.1 Å². The van der Waals surface area contributed by atoms with Crippen LogP contribution in [0.4, 0.5) is 5.82 Å². The summed E-state index contributed by atoms with van der Waals surface area (Å²) < 4.78 is 0. The lowest BCUT2D eigenvalue weighted by Crippen LogP contribution is -2.47. The molecule has 3 heterocycles. The molecule has 0 saturated carbocycles. The number of rotatable bonds is 7. The highest BCUT2D eigenvalue weighted by molar-refractivity contribution is 6.06. The third kappa shape index (κ3) is 5.69. The number of amides is 2. The van der Waals surface area contributed by atoms with Crippen molar-refractivity contribution in [2.75, 3.05) is 38.5 Å². The maximum absolute atomic E-state index is 13.2. The molecule has 1 aliphatic heterocycles. The van der Waals surface area contributed by atoms with Gasteiger partial charge in [-0.1, -0.05) is 0 Å². The fourth-order valence-electron chi connectivity index (χ4n) is 3.92. The van der Waals surface area contributed by atoms with Crippen LogP contribution in [0, 0.1) is 19.3 Å². The molecular weight excluding hydrogens is 434 g/mol. The minimum absolute atomic E-state index is 0.0225. The van der Waals surface area contributed by atoms with Crippen LogP contribution >= 0.6 is 0 Å². The molecule has 0 unspecified atom stereocenters. The Morgan fingerprint density at radius 2 is 1.88 bits per heavy atom. The number of carbonyl (C=O) groups excluding carboxylic acids is 2. The van der Waals surface area contributed by atoms with Crippen LogP contribution in [0.2, 0.25) is 0 Å². The third-order valence-electron chi connectivity index (χ3n) is 5.80. The number of aromatic nitrogens is 2. The topological polar surface area (TPSA) is 134 Å². The molecule has 10 heteroatoms. The molecular formula is C24H33N7O3. The molecule has 10 nitrogen and oxygen atoms in total. The van der Waals surface area contributed by atoms with Gasteiger partial charge in [0.2, 0.25) is 0 Å². The van der Waals surface area contributed by atoms with Crippen molar-refractivity contribution in [3.8, 4) is 0 Å². The molecule has 1 fully saturated rings. The highest BCUT2D eigenvalue weighted by atomic mass is 16.2. The molecule has 0 spiro atoms. The van der Waals surface area contributed by atoms with Gasteiger partial charge in [0.05, 0.1) is 5.56 Å². The van der Waals surface area contributed by atoms with Crippen LogP contribution in [0.1, 0.15) is 57.1 Å². The van der Waals surface area contributed by atoms with Crippen LogP contribution in [0.25, 0.3) is 0 Å². The maximum atomic E-state index is 13.2. The first-order chi connectivity index (χ1) is 16.1. The summed E-state index contributed by atoms with van der Waals surface area (Å²) in [5, 5.41) is 13.8. The zero-order chi connectivity index (χ0) is 25.0. The van der Waals surface area contributed by atoms with Gasteiger partial charge >= 0.3 is 0 Å². The molecule has 1 aliphatic rings. The molecule has 1 saturated heterocycles. The summed E-state index contributed by atoms with van der Waals surface area (Å²) in [4.78, 5) is 49.8. The third-order valence-corrected chi connectivity index (χ3v) is 5.80. The summed E-state index contributed by atoms with van der Waals surface area (Å²) in [5.74, 6) is -0.435. The fraction of sp³-hybridized carbons (Fsp3) is 0.458. The Labute approximate surface area is 199 Å². The van der Waals surface area contributed by atoms with Gasteiger partial charge in [0.15, 0.2) is 0 Å². The number of nitrogens with zero attached hydrogens (tertiary/aromatic N) is 3. The highest BCUT2D eigenvalue weighted by Crippen LogP contribution is 2.21. The second-order valence-electron chi connectivity index (χ2n) is 8.98. The van der Waals surface area contributed by atoms with Crippen LogP contribution in [-0.2, 0) is 6.54 Å². The van der Waals surface area contributed by atoms with Crippen molar-refractivity contribution in [3.63, 3.8) is 0 Å². The lowest BCUT2D eigenvalue weighted by atomic mass is 10.1. The van der Waals surface area contributed by atoms with Gasteiger partial charge in [0, 0.05) is 61.8 Å². The van der Waals surface area contributed by atoms with E-state index >= 15 is 0 Å². The van der Waals surface area contributed by atoms with E-state index in [2.05, 4.69) is 25.5 Å². The minimum atomic E-state index is -0.487. The van der Waals surface area contributed by atoms with Crippen molar-refractivity contribution >= 4 is 23.8 Å². The smallest absolute Gasteiger partial charge is 0.272 e. The standard InChI is InChI=1S/C24H33N7O3/c1-14(2)27-21-18(12-25)17(11-20(29-21)24(34)31-8-6-30(5)7-9-31)22(32)26-13-19-15(3)10-16(4)28-23(19)33/h10-12,14,25H,6-9,13H2,1-5H3,(H,26,32)(H,27,29)(H,28,33). The van der Waals surface area contributed by atoms with E-state index in [1.165, 1.54) is 6.07 Å². The van der Waals surface area contributed by atoms with Crippen LogP contribution in [0.15, 0.2) is 16.9 Å². The molecule has 0 atom stereocenters. The molecule has 0 radical (unpaired) electrons. The van der Waals surface area contributed by atoms with Crippen LogP contribution < -0.4 is 16.2 Å². The molecule has 2 amide bonds. The molecule has 2 aromatic heterocycles. The Bertz CT molecular complexity index is 1150. The molecule has 0 aliphatic carbocycles. The van der Waals surface area contributed by atoms with Gasteiger partial charge in [-0.05, 0) is 52.4 Å². The lowest BCUT2D eigenvalue weighted by Gasteiger charge is -2.32. The Morgan fingerprint density at radius 3 is 2.47 bits per heavy atom. The second-order valence-corrected chi connectivity index (χ2v) is 8.98. The number of hydrogen-bond donors (Lipinski definition) is 4. The molecule has 182 valence electrons. The first kappa shape index (κ1) is 25.1. The monoisotopic (exact) mass is 467 g/mol. The SMILES string of the molecule is Cc1cc(C)c(CNC(=O)c2cc(C(=O)N3CCN(C)CC3)nc(NC(C)C)c2C=N)c(=O)[nH]1. The van der Waals surface area contributed by atoms with Crippen molar-refractivity contribution in [1.29, 1.82) is 5.41 Å². The minimum Gasteiger partial charge on any atom is -0.367 e. The van der Waals surface area contributed by atoms with Gasteiger partial charge < -0.3 is 30.8 Å². The predicted octanol–water partition coefficient (Wildman–Crippen LogP) is 1.52. The average molecular weight is 468 g/mol. The van der Waals surface area contributed by atoms with E-state index in [0.29, 0.717) is 24.5 Å². The number of aryl methyl sites for hydroxylation is 2. The average Bonchev–Trinajstić information content (AvgIpc) is 2.77. The zero-order valence-electron chi connectivity index (χ0n) is 20.4. The number of likely N-dealkylation sites (N-methyl/N-ethyl adjacent to an activating group) is 1. The number of pyridine rings is 2. The van der Waals surface area contributed by atoms with Crippen LogP contribution in [0.3, 0.4) is 0 Å². The largest absolute Gasteiger partial charge is 0.367 e. The molecule has 3 rings (SSSR count). The molecule has 2 aromatic rings. The van der Waals surface area contributed by atoms with Crippen molar-refractivity contribution in [2.45, 2.75) is 40.3 Å². The summed E-state index contributed by atoms with van der Waals surface area (Å²) in [5.41, 5.74) is 2.31. The highest BCUT2D eigenvalue weighted by Gasteiger charge is 2.25. The number of carbonyl (C=O) groups is 2. The number of nitrogens with one attached hydrogen (secondary N) is 4. The molecule has 34 heavy (non-hydrogen) atoms. The number of hydrogen-bond acceptors (Lipinski definition) is 7. The first-order valence-electron chi connectivity index (χ1n) is 11.4. The number of piperazine rings is 1. The van der Waals surface area contributed by atoms with E-state index in [4.69, 9.17) is 5.41 Å². The van der Waals surface area contributed by atoms with E-state index in [1.54, 1.807) is 11.8 Å². The van der Waals surface area contributed by atoms with Gasteiger partial charge in [-0.3, -0.25) is 14.4 Å². The van der Waals surface area contributed by atoms with Gasteiger partial charge in [-0.25, -0.2) is 4.98 Å². The van der Waals surface area contributed by atoms with Crippen LogP contribution in [0.5, 0.6) is 0 Å². The van der Waals surface area contributed by atoms with Gasteiger partial charge in [-0.2, -0.15) is 0 Å². The van der Waals surface area contributed by atoms with Gasteiger partial charge in [0.25, 0.3) is 17.4 Å². The number of aromatic amines is 1. The van der Waals surface area contributed by atoms with E-state index in [9.17, 15) is 14.4 Å². The summed E-state index contributed by atoms with van der Waals surface area (Å²) in [7, 11) is 2.01. The molecule has 0 bridgehead atoms. The van der Waals surface area contributed by atoms with Crippen molar-refractivity contribution in [2.24, 2.45) is 0 Å². The maximum Gasteiger partial charge on any atom is 0.272 e. The lowest BCUT2D eigenvalue weighted by molar-refractivity contribution is 0.0658. The van der Waals surface area contributed by atoms with E-state index in [1.807, 2.05) is 33.9 Å². The van der Waals surface area contributed by atoms with Crippen LogP contribution in [-0.4, -0.2) is 77.1 Å². The predicted molar refractivity (Wildman–Crippen MR) is 132 cm³/mol. The molecule has 0 aromatic carbocycles. The van der Waals surface area contributed by atoms with E-state index < -0.39 is 5.91 Å². The summed E-state index contributed by atoms with van der Waals surface area (Å²) in [6.45, 7) is 10.1. The zero-order valence-corrected chi connectivity index (χ0v) is 20.4. The van der Waals surface area contributed by atoms with E-state index in [0.717, 1.165) is 30.6 Å². The quantitative estimate of drug-likeness (QED) is 0.456. The Kier molecular flexibility index (Phi) is 7.83. The second kappa shape index (κ2) is 10.6. The van der Waals surface area contributed by atoms with Gasteiger partial charge in [-0.15, -0.1) is 0 Å². The van der Waals surface area contributed by atoms with E-state index in [-0.39, 0.29) is 40.9 Å². The number of H-pyrrole nitrogens is 1. The Morgan fingerprint density at radius 1 is 1.21 bits per heavy atom. The first-order valence-corrected chi connectivity index (χ1v) is 11.4. The van der Waals surface area contributed by atoms with Crippen molar-refractivity contribution in [3.05, 3.63) is 56.1 Å². The number of anilines is 1. The summed E-state index contributed by atoms with van der Waals surface area (Å²) >= 11 is 0. The Balaban J connectivity index is 1.95. The normalized spacial score (nSPS) is 14.2. The summed E-state index contributed by atoms with van der Waals surface area (Å²) in [6, 6.07) is 3.26. The Hall–Kier alpha value is -3.53. The molecule has 4 N–H and O–H groups in total.